The number of halogens is 1. The Hall–Kier alpha value is -3.00. The van der Waals surface area contributed by atoms with Gasteiger partial charge in [-0.3, -0.25) is 9.59 Å². The summed E-state index contributed by atoms with van der Waals surface area (Å²) in [5.41, 5.74) is 0.983. The number of nitrogens with zero attached hydrogens (tertiary/aromatic N) is 3. The first-order chi connectivity index (χ1) is 14.0. The van der Waals surface area contributed by atoms with Gasteiger partial charge in [-0.2, -0.15) is 0 Å². The second-order valence-electron chi connectivity index (χ2n) is 7.51. The highest BCUT2D eigenvalue weighted by molar-refractivity contribution is 5.92. The molecule has 0 bridgehead atoms. The van der Waals surface area contributed by atoms with Crippen LogP contribution in [-0.2, 0) is 9.53 Å². The highest BCUT2D eigenvalue weighted by Crippen LogP contribution is 2.45. The molecule has 0 radical (unpaired) electrons. The second kappa shape index (κ2) is 7.79. The molecule has 2 amide bonds. The van der Waals surface area contributed by atoms with E-state index >= 15 is 0 Å². The molecule has 152 valence electrons. The number of ether oxygens (including phenoxy) is 1. The minimum absolute atomic E-state index is 0.00123. The van der Waals surface area contributed by atoms with Crippen LogP contribution >= 0.6 is 0 Å². The molecule has 2 saturated heterocycles. The van der Waals surface area contributed by atoms with Crippen LogP contribution in [0, 0.1) is 17.7 Å². The predicted octanol–water partition coefficient (Wildman–Crippen LogP) is 1.84. The van der Waals surface area contributed by atoms with Crippen molar-refractivity contribution < 1.29 is 23.8 Å². The number of carbonyl (C=O) groups is 2. The maximum absolute atomic E-state index is 13.9. The number of pyridine rings is 1. The summed E-state index contributed by atoms with van der Waals surface area (Å²) in [6.45, 7) is 1.39. The monoisotopic (exact) mass is 399 g/mol. The molecule has 1 aromatic heterocycles. The van der Waals surface area contributed by atoms with E-state index in [1.165, 1.54) is 37.6 Å². The van der Waals surface area contributed by atoms with Crippen molar-refractivity contribution in [2.75, 3.05) is 33.4 Å². The van der Waals surface area contributed by atoms with Gasteiger partial charge in [0.1, 0.15) is 23.9 Å². The Morgan fingerprint density at radius 3 is 2.76 bits per heavy atom. The first kappa shape index (κ1) is 19.3. The summed E-state index contributed by atoms with van der Waals surface area (Å²) in [6, 6.07) is 8.88. The topological polar surface area (TPSA) is 83.0 Å². The molecule has 2 aliphatic rings. The van der Waals surface area contributed by atoms with Crippen molar-refractivity contribution in [2.24, 2.45) is 11.8 Å². The molecule has 3 heterocycles. The van der Waals surface area contributed by atoms with Gasteiger partial charge in [0.05, 0.1) is 12.2 Å². The zero-order valence-corrected chi connectivity index (χ0v) is 16.0. The van der Waals surface area contributed by atoms with Crippen LogP contribution in [0.3, 0.4) is 0 Å². The molecule has 1 aromatic carbocycles. The van der Waals surface area contributed by atoms with Crippen LogP contribution in [0.2, 0.25) is 0 Å². The third-order valence-corrected chi connectivity index (χ3v) is 5.70. The van der Waals surface area contributed by atoms with E-state index in [9.17, 15) is 19.1 Å². The highest BCUT2D eigenvalue weighted by atomic mass is 19.1. The summed E-state index contributed by atoms with van der Waals surface area (Å²) >= 11 is 0. The third kappa shape index (κ3) is 3.67. The largest absolute Gasteiger partial charge is 0.506 e. The molecular formula is C21H22FN3O4. The Morgan fingerprint density at radius 1 is 1.24 bits per heavy atom. The van der Waals surface area contributed by atoms with Gasteiger partial charge in [0.25, 0.3) is 5.91 Å². The molecular weight excluding hydrogens is 377 g/mol. The van der Waals surface area contributed by atoms with E-state index in [4.69, 9.17) is 4.74 Å². The van der Waals surface area contributed by atoms with E-state index < -0.39 is 0 Å². The highest BCUT2D eigenvalue weighted by Gasteiger charge is 2.50. The van der Waals surface area contributed by atoms with E-state index in [1.54, 1.807) is 15.9 Å². The molecule has 4 rings (SSSR count). The van der Waals surface area contributed by atoms with Crippen molar-refractivity contribution in [3.63, 3.8) is 0 Å². The van der Waals surface area contributed by atoms with Gasteiger partial charge in [0.15, 0.2) is 0 Å². The van der Waals surface area contributed by atoms with Crippen molar-refractivity contribution in [3.05, 3.63) is 59.7 Å². The van der Waals surface area contributed by atoms with Crippen molar-refractivity contribution in [2.45, 2.75) is 6.04 Å². The number of hydrogen-bond donors (Lipinski definition) is 1. The van der Waals surface area contributed by atoms with Gasteiger partial charge in [0.2, 0.25) is 5.91 Å². The zero-order valence-electron chi connectivity index (χ0n) is 16.0. The van der Waals surface area contributed by atoms with Crippen LogP contribution in [0.4, 0.5) is 4.39 Å². The summed E-state index contributed by atoms with van der Waals surface area (Å²) in [7, 11) is 1.47. The summed E-state index contributed by atoms with van der Waals surface area (Å²) in [5.74, 6) is -0.632. The molecule has 2 aromatic rings. The van der Waals surface area contributed by atoms with E-state index in [1.807, 2.05) is 6.07 Å². The lowest BCUT2D eigenvalue weighted by molar-refractivity contribution is -0.136. The minimum Gasteiger partial charge on any atom is -0.506 e. The van der Waals surface area contributed by atoms with Gasteiger partial charge in [-0.15, -0.1) is 0 Å². The number of fused-ring (bicyclic) bond motifs is 1. The van der Waals surface area contributed by atoms with Crippen LogP contribution in [-0.4, -0.2) is 65.1 Å². The van der Waals surface area contributed by atoms with Crippen LogP contribution in [0.15, 0.2) is 42.6 Å². The number of likely N-dealkylation sites (tertiary alicyclic amines) is 2. The first-order valence-corrected chi connectivity index (χ1v) is 9.46. The molecule has 0 spiro atoms. The van der Waals surface area contributed by atoms with E-state index in [0.717, 1.165) is 5.56 Å². The summed E-state index contributed by atoms with van der Waals surface area (Å²) in [6.07, 6.45) is 1.24. The Balaban J connectivity index is 1.59. The van der Waals surface area contributed by atoms with Crippen LogP contribution < -0.4 is 0 Å². The van der Waals surface area contributed by atoms with Gasteiger partial charge < -0.3 is 19.6 Å². The molecule has 8 heteroatoms. The number of carbonyl (C=O) groups excluding carboxylic acids is 2. The number of aromatic nitrogens is 1. The van der Waals surface area contributed by atoms with Gasteiger partial charge >= 0.3 is 0 Å². The van der Waals surface area contributed by atoms with Crippen LogP contribution in [0.25, 0.3) is 0 Å². The molecule has 29 heavy (non-hydrogen) atoms. The van der Waals surface area contributed by atoms with Crippen molar-refractivity contribution in [1.29, 1.82) is 0 Å². The number of rotatable bonds is 4. The fourth-order valence-corrected chi connectivity index (χ4v) is 4.47. The lowest BCUT2D eigenvalue weighted by Crippen LogP contribution is -2.39. The molecule has 3 atom stereocenters. The molecule has 2 aliphatic heterocycles. The summed E-state index contributed by atoms with van der Waals surface area (Å²) < 4.78 is 18.9. The van der Waals surface area contributed by atoms with Crippen molar-refractivity contribution >= 4 is 11.8 Å². The van der Waals surface area contributed by atoms with Gasteiger partial charge in [-0.1, -0.05) is 12.1 Å². The normalized spacial score (nSPS) is 23.3. The molecule has 0 saturated carbocycles. The Morgan fingerprint density at radius 2 is 2.07 bits per heavy atom. The summed E-state index contributed by atoms with van der Waals surface area (Å²) in [4.78, 5) is 32.9. The predicted molar refractivity (Wildman–Crippen MR) is 102 cm³/mol. The van der Waals surface area contributed by atoms with E-state index in [2.05, 4.69) is 4.98 Å². The fourth-order valence-electron chi connectivity index (χ4n) is 4.47. The van der Waals surface area contributed by atoms with Gasteiger partial charge in [0, 0.05) is 38.6 Å². The molecule has 7 nitrogen and oxygen atoms in total. The third-order valence-electron chi connectivity index (χ3n) is 5.70. The van der Waals surface area contributed by atoms with Crippen LogP contribution in [0.1, 0.15) is 22.1 Å². The quantitative estimate of drug-likeness (QED) is 0.848. The Bertz CT molecular complexity index is 920. The van der Waals surface area contributed by atoms with E-state index in [0.29, 0.717) is 19.6 Å². The van der Waals surface area contributed by atoms with E-state index in [-0.39, 0.29) is 53.6 Å². The van der Waals surface area contributed by atoms with Gasteiger partial charge in [-0.25, -0.2) is 9.37 Å². The Kier molecular flexibility index (Phi) is 5.19. The SMILES string of the molecule is COCC(=O)N1C[C@H]2CN(C(=O)c3ccc(O)cn3)C[C@H]2[C@@H]1c1cccc(F)c1. The van der Waals surface area contributed by atoms with Crippen molar-refractivity contribution in [1.82, 2.24) is 14.8 Å². The molecule has 1 N–H and O–H groups in total. The smallest absolute Gasteiger partial charge is 0.272 e. The summed E-state index contributed by atoms with van der Waals surface area (Å²) in [5, 5.41) is 9.38. The minimum atomic E-state index is -0.357. The number of hydrogen-bond acceptors (Lipinski definition) is 5. The second-order valence-corrected chi connectivity index (χ2v) is 7.51. The lowest BCUT2D eigenvalue weighted by atomic mass is 9.89. The number of methoxy groups -OCH3 is 1. The standard InChI is InChI=1S/C21H22FN3O4/c1-29-12-19(27)25-10-14-9-24(21(28)18-6-5-16(26)8-23-18)11-17(14)20(25)13-3-2-4-15(22)7-13/h2-8,14,17,20,26H,9-12H2,1H3/t14-,17-,20+/m1/s1. The van der Waals surface area contributed by atoms with Crippen molar-refractivity contribution in [3.8, 4) is 5.75 Å². The average Bonchev–Trinajstić information content (AvgIpc) is 3.26. The van der Waals surface area contributed by atoms with Crippen LogP contribution in [0.5, 0.6) is 5.75 Å². The maximum Gasteiger partial charge on any atom is 0.272 e. The first-order valence-electron chi connectivity index (χ1n) is 9.46. The average molecular weight is 399 g/mol. The number of benzene rings is 1. The fraction of sp³-hybridized carbons (Fsp3) is 0.381. The maximum atomic E-state index is 13.9. The zero-order chi connectivity index (χ0) is 20.5. The Labute approximate surface area is 167 Å². The molecule has 0 aliphatic carbocycles. The number of aromatic hydroxyl groups is 1. The lowest BCUT2D eigenvalue weighted by Gasteiger charge is -2.30. The molecule has 0 unspecified atom stereocenters. The number of amides is 2. The van der Waals surface area contributed by atoms with Gasteiger partial charge in [-0.05, 0) is 29.8 Å². The molecule has 2 fully saturated rings.